The van der Waals surface area contributed by atoms with E-state index in [1.165, 1.54) is 103 Å². The highest BCUT2D eigenvalue weighted by Crippen LogP contribution is 2.43. The maximum absolute atomic E-state index is 13.0. The lowest BCUT2D eigenvalue weighted by molar-refractivity contribution is -0.870. The molecule has 0 aliphatic carbocycles. The first-order valence-electron chi connectivity index (χ1n) is 30.1. The molecule has 0 aromatic carbocycles. The van der Waals surface area contributed by atoms with Gasteiger partial charge in [-0.3, -0.25) is 13.8 Å². The van der Waals surface area contributed by atoms with Crippen LogP contribution in [0.3, 0.4) is 0 Å². The van der Waals surface area contributed by atoms with Crippen LogP contribution in [0.25, 0.3) is 0 Å². The van der Waals surface area contributed by atoms with Crippen LogP contribution in [0, 0.1) is 0 Å². The number of rotatable bonds is 53. The number of aliphatic hydroxyl groups is 1. The predicted octanol–water partition coefficient (Wildman–Crippen LogP) is 18.7. The zero-order valence-corrected chi connectivity index (χ0v) is 49.6. The maximum atomic E-state index is 13.0. The van der Waals surface area contributed by atoms with Crippen LogP contribution in [-0.4, -0.2) is 73.4 Å². The van der Waals surface area contributed by atoms with Gasteiger partial charge in [0.25, 0.3) is 0 Å². The zero-order valence-electron chi connectivity index (χ0n) is 48.7. The van der Waals surface area contributed by atoms with Crippen molar-refractivity contribution in [2.45, 2.75) is 238 Å². The third kappa shape index (κ3) is 58.2. The van der Waals surface area contributed by atoms with E-state index in [1.54, 1.807) is 6.08 Å². The number of likely N-dealkylation sites (N-methyl/N-ethyl adjacent to an activating group) is 1. The SMILES string of the molecule is CC/C=C\C/C=C\C/C=C\C/C=C\C/C=C\C/C=C\C/C=C\C/C=C\CCCCCCCCCCCCCCCCC(=O)NC(COP(=O)(O)OCC[N+](C)(C)C)C(O)/C=C/CC/C=C/CC/C=C/CCCCCC. The van der Waals surface area contributed by atoms with Crippen LogP contribution in [0.15, 0.2) is 134 Å². The van der Waals surface area contributed by atoms with E-state index in [1.807, 2.05) is 27.2 Å². The summed E-state index contributed by atoms with van der Waals surface area (Å²) in [6.45, 7) is 4.63. The molecule has 3 atom stereocenters. The van der Waals surface area contributed by atoms with E-state index in [4.69, 9.17) is 9.05 Å². The molecule has 1 amide bonds. The van der Waals surface area contributed by atoms with Crippen LogP contribution < -0.4 is 5.32 Å². The number of carbonyl (C=O) groups is 1. The monoisotopic (exact) mass is 1060 g/mol. The first kappa shape index (κ1) is 71.6. The largest absolute Gasteiger partial charge is 0.472 e. The van der Waals surface area contributed by atoms with Crippen LogP contribution in [0.5, 0.6) is 0 Å². The Labute approximate surface area is 462 Å². The average Bonchev–Trinajstić information content (AvgIpc) is 3.37. The first-order chi connectivity index (χ1) is 36.5. The second-order valence-corrected chi connectivity index (χ2v) is 22.4. The van der Waals surface area contributed by atoms with Gasteiger partial charge in [-0.15, -0.1) is 0 Å². The number of carbonyl (C=O) groups excluding carboxylic acids is 1. The molecule has 428 valence electrons. The lowest BCUT2D eigenvalue weighted by Crippen LogP contribution is -2.45. The van der Waals surface area contributed by atoms with Gasteiger partial charge < -0.3 is 19.8 Å². The fraction of sp³-hybridized carbons (Fsp3) is 0.652. The molecule has 0 aliphatic heterocycles. The molecule has 0 rings (SSSR count). The van der Waals surface area contributed by atoms with Crippen molar-refractivity contribution in [3.8, 4) is 0 Å². The Kier molecular flexibility index (Phi) is 52.9. The Balaban J connectivity index is 4.08. The fourth-order valence-corrected chi connectivity index (χ4v) is 8.65. The molecule has 0 aliphatic rings. The van der Waals surface area contributed by atoms with Gasteiger partial charge in [0.05, 0.1) is 39.9 Å². The number of allylic oxidation sites excluding steroid dienone is 21. The number of hydrogen-bond acceptors (Lipinski definition) is 5. The molecule has 9 heteroatoms. The van der Waals surface area contributed by atoms with Crippen molar-refractivity contribution in [3.05, 3.63) is 134 Å². The summed E-state index contributed by atoms with van der Waals surface area (Å²) < 4.78 is 23.6. The molecule has 0 fully saturated rings. The van der Waals surface area contributed by atoms with Crippen LogP contribution in [0.1, 0.15) is 226 Å². The molecule has 8 nitrogen and oxygen atoms in total. The van der Waals surface area contributed by atoms with Crippen LogP contribution in [0.4, 0.5) is 0 Å². The molecule has 3 unspecified atom stereocenters. The first-order valence-corrected chi connectivity index (χ1v) is 31.6. The summed E-state index contributed by atoms with van der Waals surface area (Å²) in [4.78, 5) is 23.3. The lowest BCUT2D eigenvalue weighted by Gasteiger charge is -2.25. The van der Waals surface area contributed by atoms with Gasteiger partial charge >= 0.3 is 7.82 Å². The van der Waals surface area contributed by atoms with Gasteiger partial charge in [-0.25, -0.2) is 4.57 Å². The number of phosphoric acid groups is 1. The molecule has 0 saturated heterocycles. The molecular weight excluding hydrogens is 948 g/mol. The number of aliphatic hydroxyl groups excluding tert-OH is 1. The molecule has 0 saturated carbocycles. The van der Waals surface area contributed by atoms with Crippen molar-refractivity contribution in [1.29, 1.82) is 0 Å². The van der Waals surface area contributed by atoms with E-state index in [0.717, 1.165) is 103 Å². The summed E-state index contributed by atoms with van der Waals surface area (Å²) >= 11 is 0. The summed E-state index contributed by atoms with van der Waals surface area (Å²) in [5, 5.41) is 13.9. The van der Waals surface area contributed by atoms with E-state index in [0.29, 0.717) is 17.4 Å². The van der Waals surface area contributed by atoms with Gasteiger partial charge in [0.1, 0.15) is 13.2 Å². The van der Waals surface area contributed by atoms with Crippen molar-refractivity contribution in [1.82, 2.24) is 5.32 Å². The number of nitrogens with one attached hydrogen (secondary N) is 1. The number of amides is 1. The molecule has 75 heavy (non-hydrogen) atoms. The zero-order chi connectivity index (χ0) is 54.9. The number of nitrogens with zero attached hydrogens (tertiary/aromatic N) is 1. The summed E-state index contributed by atoms with van der Waals surface area (Å²) in [6.07, 6.45) is 84.3. The van der Waals surface area contributed by atoms with E-state index in [9.17, 15) is 19.4 Å². The Bertz CT molecular complexity index is 1680. The van der Waals surface area contributed by atoms with Gasteiger partial charge in [0, 0.05) is 6.42 Å². The molecule has 0 aromatic heterocycles. The van der Waals surface area contributed by atoms with Gasteiger partial charge in [-0.2, -0.15) is 0 Å². The van der Waals surface area contributed by atoms with Crippen molar-refractivity contribution in [2.75, 3.05) is 40.9 Å². The predicted molar refractivity (Wildman–Crippen MR) is 327 cm³/mol. The molecule has 0 heterocycles. The minimum absolute atomic E-state index is 0.0480. The van der Waals surface area contributed by atoms with Crippen molar-refractivity contribution in [2.24, 2.45) is 0 Å². The van der Waals surface area contributed by atoms with Gasteiger partial charge in [-0.1, -0.05) is 244 Å². The van der Waals surface area contributed by atoms with E-state index >= 15 is 0 Å². The minimum Gasteiger partial charge on any atom is -0.387 e. The quantitative estimate of drug-likeness (QED) is 0.0243. The smallest absolute Gasteiger partial charge is 0.387 e. The minimum atomic E-state index is -4.36. The molecule has 0 spiro atoms. The Morgan fingerprint density at radius 2 is 0.813 bits per heavy atom. The van der Waals surface area contributed by atoms with E-state index in [-0.39, 0.29) is 19.1 Å². The van der Waals surface area contributed by atoms with Crippen molar-refractivity contribution >= 4 is 13.7 Å². The maximum Gasteiger partial charge on any atom is 0.472 e. The summed E-state index contributed by atoms with van der Waals surface area (Å²) in [5.41, 5.74) is 0. The molecule has 0 radical (unpaired) electrons. The number of phosphoric ester groups is 1. The van der Waals surface area contributed by atoms with Crippen LogP contribution in [-0.2, 0) is 18.4 Å². The van der Waals surface area contributed by atoms with Crippen molar-refractivity contribution in [3.63, 3.8) is 0 Å². The molecule has 3 N–H and O–H groups in total. The van der Waals surface area contributed by atoms with Crippen LogP contribution in [0.2, 0.25) is 0 Å². The summed E-state index contributed by atoms with van der Waals surface area (Å²) in [6, 6.07) is -0.877. The number of quaternary nitrogens is 1. The Hall–Kier alpha value is -3.36. The Morgan fingerprint density at radius 1 is 0.467 bits per heavy atom. The highest BCUT2D eigenvalue weighted by atomic mass is 31.2. The highest BCUT2D eigenvalue weighted by molar-refractivity contribution is 7.47. The second-order valence-electron chi connectivity index (χ2n) is 21.0. The third-order valence-corrected chi connectivity index (χ3v) is 13.6. The fourth-order valence-electron chi connectivity index (χ4n) is 7.91. The third-order valence-electron chi connectivity index (χ3n) is 12.6. The van der Waals surface area contributed by atoms with Gasteiger partial charge in [0.2, 0.25) is 5.91 Å². The van der Waals surface area contributed by atoms with Gasteiger partial charge in [0.15, 0.2) is 0 Å². The molecular formula is C66H114N2O6P+. The standard InChI is InChI=1S/C66H113N2O6P/c1-6-8-10-12-14-16-18-20-22-23-24-25-26-27-28-29-30-31-32-33-34-35-36-37-38-39-40-41-42-43-44-45-46-48-50-52-54-56-58-60-66(70)67-64(63-74-75(71,72)73-62-61-68(3,4)5)65(69)59-57-55-53-51-49-47-21-19-17-15-13-11-9-7-2/h8,10,14,16-17,19-20,22,24-25,27-28,30-31,33-34,36-37,49,51,57,59,64-65,69H,6-7,9,11-13,15,18,21,23,26,29,32,35,38-48,50,52-56,58,60-63H2,1-5H3,(H-,67,70,71,72)/p+1/b10-8-,16-14-,19-17+,22-20-,25-24-,28-27-,31-30-,34-33-,37-36-,51-49+,59-57+. The lowest BCUT2D eigenvalue weighted by atomic mass is 10.0. The van der Waals surface area contributed by atoms with E-state index in [2.05, 4.69) is 141 Å². The summed E-state index contributed by atoms with van der Waals surface area (Å²) in [7, 11) is 1.53. The number of hydrogen-bond donors (Lipinski definition) is 3. The van der Waals surface area contributed by atoms with Crippen molar-refractivity contribution < 1.29 is 32.9 Å². The Morgan fingerprint density at radius 3 is 1.23 bits per heavy atom. The number of unbranched alkanes of at least 4 members (excludes halogenated alkanes) is 20. The molecule has 0 bridgehead atoms. The highest BCUT2D eigenvalue weighted by Gasteiger charge is 2.27. The summed E-state index contributed by atoms with van der Waals surface area (Å²) in [5.74, 6) is -0.197. The van der Waals surface area contributed by atoms with Crippen LogP contribution >= 0.6 is 7.82 Å². The van der Waals surface area contributed by atoms with E-state index < -0.39 is 20.0 Å². The normalized spacial score (nSPS) is 14.8. The average molecular weight is 1060 g/mol. The topological polar surface area (TPSA) is 105 Å². The second kappa shape index (κ2) is 55.4. The van der Waals surface area contributed by atoms with Gasteiger partial charge in [-0.05, 0) is 109 Å². The molecule has 0 aromatic rings.